The molecule has 0 saturated heterocycles. The van der Waals surface area contributed by atoms with E-state index in [1.54, 1.807) is 29.8 Å². The third-order valence-electron chi connectivity index (χ3n) is 5.34. The summed E-state index contributed by atoms with van der Waals surface area (Å²) in [7, 11) is 1.63. The number of nitrogens with one attached hydrogen (secondary N) is 1. The first-order valence-corrected chi connectivity index (χ1v) is 11.7. The molecular weight excluding hydrogens is 436 g/mol. The second kappa shape index (κ2) is 10.4. The Morgan fingerprint density at radius 3 is 2.55 bits per heavy atom. The number of amides is 2. The number of nitrogens with zero attached hydrogens (tertiary/aromatic N) is 1. The van der Waals surface area contributed by atoms with Gasteiger partial charge in [-0.3, -0.25) is 9.59 Å². The first-order valence-electron chi connectivity index (χ1n) is 10.8. The van der Waals surface area contributed by atoms with Gasteiger partial charge in [0.15, 0.2) is 0 Å². The predicted octanol–water partition coefficient (Wildman–Crippen LogP) is 5.30. The van der Waals surface area contributed by atoms with Gasteiger partial charge in [-0.15, -0.1) is 11.8 Å². The zero-order valence-corrected chi connectivity index (χ0v) is 19.4. The molecule has 0 aliphatic carbocycles. The van der Waals surface area contributed by atoms with Gasteiger partial charge in [0.25, 0.3) is 0 Å². The molecule has 3 aromatic carbocycles. The van der Waals surface area contributed by atoms with Crippen LogP contribution in [0.2, 0.25) is 0 Å². The van der Waals surface area contributed by atoms with E-state index in [-0.39, 0.29) is 30.0 Å². The first-order chi connectivity index (χ1) is 16.1. The second-order valence-electron chi connectivity index (χ2n) is 7.51. The van der Waals surface area contributed by atoms with E-state index in [0.717, 1.165) is 21.9 Å². The fourth-order valence-corrected chi connectivity index (χ4v) is 5.02. The summed E-state index contributed by atoms with van der Waals surface area (Å²) < 4.78 is 10.9. The number of carbonyl (C=O) groups is 2. The summed E-state index contributed by atoms with van der Waals surface area (Å²) in [5.41, 5.74) is 2.38. The van der Waals surface area contributed by atoms with Gasteiger partial charge < -0.3 is 19.7 Å². The molecule has 4 rings (SSSR count). The van der Waals surface area contributed by atoms with Gasteiger partial charge in [-0.1, -0.05) is 36.4 Å². The number of methoxy groups -OCH3 is 1. The van der Waals surface area contributed by atoms with Crippen LogP contribution in [0.4, 0.5) is 11.4 Å². The van der Waals surface area contributed by atoms with E-state index < -0.39 is 0 Å². The molecule has 0 aromatic heterocycles. The Balaban J connectivity index is 1.56. The van der Waals surface area contributed by atoms with Crippen molar-refractivity contribution < 1.29 is 19.1 Å². The smallest absolute Gasteiger partial charge is 0.244 e. The van der Waals surface area contributed by atoms with E-state index in [2.05, 4.69) is 5.32 Å². The Bertz CT molecular complexity index is 1130. The minimum atomic E-state index is -0.279. The number of hydrogen-bond donors (Lipinski definition) is 1. The molecule has 0 fully saturated rings. The topological polar surface area (TPSA) is 67.9 Å². The average Bonchev–Trinajstić information content (AvgIpc) is 2.97. The van der Waals surface area contributed by atoms with Crippen LogP contribution in [0, 0.1) is 0 Å². The summed E-state index contributed by atoms with van der Waals surface area (Å²) in [5, 5.41) is 2.83. The maximum absolute atomic E-state index is 13.3. The molecule has 0 spiro atoms. The Morgan fingerprint density at radius 2 is 1.79 bits per heavy atom. The molecule has 1 atom stereocenters. The molecule has 1 heterocycles. The van der Waals surface area contributed by atoms with Crippen LogP contribution in [0.5, 0.6) is 11.5 Å². The zero-order valence-electron chi connectivity index (χ0n) is 18.6. The van der Waals surface area contributed by atoms with Gasteiger partial charge in [0.2, 0.25) is 11.8 Å². The van der Waals surface area contributed by atoms with E-state index in [1.165, 1.54) is 0 Å². The minimum Gasteiger partial charge on any atom is -0.497 e. The molecule has 33 heavy (non-hydrogen) atoms. The molecule has 170 valence electrons. The van der Waals surface area contributed by atoms with Gasteiger partial charge in [0.05, 0.1) is 25.1 Å². The summed E-state index contributed by atoms with van der Waals surface area (Å²) in [6.45, 7) is 2.31. The Kier molecular flexibility index (Phi) is 7.19. The van der Waals surface area contributed by atoms with Crippen LogP contribution in [0.1, 0.15) is 24.2 Å². The van der Waals surface area contributed by atoms with E-state index in [4.69, 9.17) is 9.47 Å². The minimum absolute atomic E-state index is 0.0590. The molecule has 1 aliphatic rings. The molecule has 1 unspecified atom stereocenters. The lowest BCUT2D eigenvalue weighted by molar-refractivity contribution is -0.121. The molecule has 6 nitrogen and oxygen atoms in total. The average molecular weight is 463 g/mol. The number of para-hydroxylation sites is 3. The van der Waals surface area contributed by atoms with Crippen LogP contribution in [0.3, 0.4) is 0 Å². The van der Waals surface area contributed by atoms with Crippen molar-refractivity contribution in [3.05, 3.63) is 78.4 Å². The fraction of sp³-hybridized carbons (Fsp3) is 0.231. The summed E-state index contributed by atoms with van der Waals surface area (Å²) in [6.07, 6.45) is 0.286. The van der Waals surface area contributed by atoms with E-state index >= 15 is 0 Å². The number of thioether (sulfide) groups is 1. The second-order valence-corrected chi connectivity index (χ2v) is 8.75. The number of carbonyl (C=O) groups excluding carboxylic acids is 2. The standard InChI is InChI=1S/C26H26N2O4S/c1-3-32-22-10-6-4-8-20(22)27-25(29)17-28-21-9-5-7-11-23(21)33-24(16-26(28)30)18-12-14-19(31-2)15-13-18/h4-15,24H,3,16-17H2,1-2H3,(H,27,29). The van der Waals surface area contributed by atoms with Crippen molar-refractivity contribution >= 4 is 35.0 Å². The first kappa shape index (κ1) is 22.7. The van der Waals surface area contributed by atoms with Crippen molar-refractivity contribution in [3.63, 3.8) is 0 Å². The van der Waals surface area contributed by atoms with Crippen LogP contribution in [0.15, 0.2) is 77.7 Å². The number of rotatable bonds is 7. The summed E-state index contributed by atoms with van der Waals surface area (Å²) in [6, 6.07) is 22.8. The summed E-state index contributed by atoms with van der Waals surface area (Å²) in [5.74, 6) is 1.00. The highest BCUT2D eigenvalue weighted by Gasteiger charge is 2.30. The predicted molar refractivity (Wildman–Crippen MR) is 131 cm³/mol. The highest BCUT2D eigenvalue weighted by atomic mass is 32.2. The highest BCUT2D eigenvalue weighted by molar-refractivity contribution is 7.99. The lowest BCUT2D eigenvalue weighted by Crippen LogP contribution is -2.38. The molecule has 1 N–H and O–H groups in total. The highest BCUT2D eigenvalue weighted by Crippen LogP contribution is 2.45. The monoisotopic (exact) mass is 462 g/mol. The maximum Gasteiger partial charge on any atom is 0.244 e. The molecule has 7 heteroatoms. The van der Waals surface area contributed by atoms with Gasteiger partial charge in [-0.2, -0.15) is 0 Å². The van der Waals surface area contributed by atoms with Gasteiger partial charge in [-0.25, -0.2) is 0 Å². The van der Waals surface area contributed by atoms with Crippen LogP contribution in [-0.4, -0.2) is 32.1 Å². The van der Waals surface area contributed by atoms with Gasteiger partial charge in [0, 0.05) is 16.6 Å². The SMILES string of the molecule is CCOc1ccccc1NC(=O)CN1C(=O)CC(c2ccc(OC)cc2)Sc2ccccc21. The number of anilines is 2. The Labute approximate surface area is 197 Å². The van der Waals surface area contributed by atoms with Crippen LogP contribution in [-0.2, 0) is 9.59 Å². The fourth-order valence-electron chi connectivity index (χ4n) is 3.74. The van der Waals surface area contributed by atoms with Crippen molar-refractivity contribution in [1.29, 1.82) is 0 Å². The maximum atomic E-state index is 13.3. The van der Waals surface area contributed by atoms with Crippen molar-refractivity contribution in [2.45, 2.75) is 23.5 Å². The lowest BCUT2D eigenvalue weighted by Gasteiger charge is -2.22. The van der Waals surface area contributed by atoms with Crippen molar-refractivity contribution in [2.75, 3.05) is 30.5 Å². The third kappa shape index (κ3) is 5.31. The number of benzene rings is 3. The molecule has 2 amide bonds. The zero-order chi connectivity index (χ0) is 23.2. The molecule has 0 radical (unpaired) electrons. The van der Waals surface area contributed by atoms with Gasteiger partial charge >= 0.3 is 0 Å². The third-order valence-corrected chi connectivity index (χ3v) is 6.66. The summed E-state index contributed by atoms with van der Waals surface area (Å²) in [4.78, 5) is 28.8. The van der Waals surface area contributed by atoms with Gasteiger partial charge in [-0.05, 0) is 48.9 Å². The van der Waals surface area contributed by atoms with Crippen LogP contribution in [0.25, 0.3) is 0 Å². The molecular formula is C26H26N2O4S. The van der Waals surface area contributed by atoms with E-state index in [9.17, 15) is 9.59 Å². The van der Waals surface area contributed by atoms with Crippen molar-refractivity contribution in [1.82, 2.24) is 0 Å². The number of fused-ring (bicyclic) bond motifs is 1. The number of ether oxygens (including phenoxy) is 2. The van der Waals surface area contributed by atoms with Crippen LogP contribution < -0.4 is 19.7 Å². The normalized spacial score (nSPS) is 15.4. The molecule has 0 saturated carbocycles. The molecule has 0 bridgehead atoms. The van der Waals surface area contributed by atoms with Crippen LogP contribution >= 0.6 is 11.8 Å². The number of hydrogen-bond acceptors (Lipinski definition) is 5. The van der Waals surface area contributed by atoms with Crippen molar-refractivity contribution in [2.24, 2.45) is 0 Å². The summed E-state index contributed by atoms with van der Waals surface area (Å²) >= 11 is 1.64. The Hall–Kier alpha value is -3.45. The van der Waals surface area contributed by atoms with E-state index in [0.29, 0.717) is 18.0 Å². The quantitative estimate of drug-likeness (QED) is 0.516. The van der Waals surface area contributed by atoms with Crippen molar-refractivity contribution in [3.8, 4) is 11.5 Å². The largest absolute Gasteiger partial charge is 0.497 e. The lowest BCUT2D eigenvalue weighted by atomic mass is 10.1. The molecule has 3 aromatic rings. The van der Waals surface area contributed by atoms with E-state index in [1.807, 2.05) is 73.7 Å². The molecule has 1 aliphatic heterocycles. The van der Waals surface area contributed by atoms with Gasteiger partial charge in [0.1, 0.15) is 18.0 Å². The Morgan fingerprint density at radius 1 is 1.06 bits per heavy atom.